The summed E-state index contributed by atoms with van der Waals surface area (Å²) in [4.78, 5) is 14.6. The standard InChI is InChI=1S/C18H29N3O4S/c1-2-14-26(23,24)20-17-7-4-3-6-16(17)18(22)21-11-8-15(9-12-21)25-13-5-10-19/h3-4,6-7,15,20H,2,5,8-14,19H2,1H3. The molecule has 1 amide bonds. The van der Waals surface area contributed by atoms with Crippen LogP contribution in [0, 0.1) is 0 Å². The average Bonchev–Trinajstić information content (AvgIpc) is 2.62. The van der Waals surface area contributed by atoms with Crippen molar-refractivity contribution in [3.05, 3.63) is 29.8 Å². The Kier molecular flexibility index (Phi) is 7.86. The summed E-state index contributed by atoms with van der Waals surface area (Å²) >= 11 is 0. The number of sulfonamides is 1. The highest BCUT2D eigenvalue weighted by Gasteiger charge is 2.26. The SMILES string of the molecule is CCCS(=O)(=O)Nc1ccccc1C(=O)N1CCC(OCCCN)CC1. The van der Waals surface area contributed by atoms with Crippen LogP contribution in [0.3, 0.4) is 0 Å². The Morgan fingerprint density at radius 1 is 1.31 bits per heavy atom. The molecule has 8 heteroatoms. The zero-order chi connectivity index (χ0) is 19.0. The number of benzene rings is 1. The van der Waals surface area contributed by atoms with Crippen molar-refractivity contribution in [3.8, 4) is 0 Å². The van der Waals surface area contributed by atoms with Gasteiger partial charge >= 0.3 is 0 Å². The number of hydrogen-bond donors (Lipinski definition) is 2. The summed E-state index contributed by atoms with van der Waals surface area (Å²) in [6.45, 7) is 4.26. The first-order valence-electron chi connectivity index (χ1n) is 9.17. The molecule has 1 fully saturated rings. The summed E-state index contributed by atoms with van der Waals surface area (Å²) < 4.78 is 32.4. The van der Waals surface area contributed by atoms with Crippen LogP contribution in [0.5, 0.6) is 0 Å². The van der Waals surface area contributed by atoms with Crippen LogP contribution in [0.1, 0.15) is 43.0 Å². The van der Waals surface area contributed by atoms with E-state index in [0.29, 0.717) is 43.9 Å². The van der Waals surface area contributed by atoms with E-state index in [2.05, 4.69) is 4.72 Å². The summed E-state index contributed by atoms with van der Waals surface area (Å²) in [6, 6.07) is 6.75. The number of ether oxygens (including phenoxy) is 1. The summed E-state index contributed by atoms with van der Waals surface area (Å²) in [7, 11) is -3.44. The predicted molar refractivity (Wildman–Crippen MR) is 103 cm³/mol. The van der Waals surface area contributed by atoms with E-state index in [4.69, 9.17) is 10.5 Å². The van der Waals surface area contributed by atoms with Crippen molar-refractivity contribution < 1.29 is 17.9 Å². The van der Waals surface area contributed by atoms with Gasteiger partial charge in [0.05, 0.1) is 23.1 Å². The van der Waals surface area contributed by atoms with Crippen molar-refractivity contribution in [2.75, 3.05) is 36.7 Å². The molecule has 0 unspecified atom stereocenters. The molecule has 0 radical (unpaired) electrons. The van der Waals surface area contributed by atoms with Crippen LogP contribution in [0.4, 0.5) is 5.69 Å². The van der Waals surface area contributed by atoms with Crippen molar-refractivity contribution in [1.29, 1.82) is 0 Å². The molecule has 0 aliphatic carbocycles. The molecular formula is C18H29N3O4S. The molecule has 7 nitrogen and oxygen atoms in total. The van der Waals surface area contributed by atoms with Crippen LogP contribution in [0.2, 0.25) is 0 Å². The molecule has 1 saturated heterocycles. The maximum absolute atomic E-state index is 12.9. The van der Waals surface area contributed by atoms with Gasteiger partial charge in [0, 0.05) is 19.7 Å². The first-order chi connectivity index (χ1) is 12.5. The molecule has 146 valence electrons. The first kappa shape index (κ1) is 20.7. The van der Waals surface area contributed by atoms with E-state index in [1.165, 1.54) is 0 Å². The molecule has 0 bridgehead atoms. The van der Waals surface area contributed by atoms with Crippen molar-refractivity contribution in [3.63, 3.8) is 0 Å². The molecule has 1 aromatic rings. The smallest absolute Gasteiger partial charge is 0.255 e. The number of anilines is 1. The van der Waals surface area contributed by atoms with Crippen LogP contribution >= 0.6 is 0 Å². The third kappa shape index (κ3) is 5.96. The van der Waals surface area contributed by atoms with E-state index < -0.39 is 10.0 Å². The highest BCUT2D eigenvalue weighted by Crippen LogP contribution is 2.22. The van der Waals surface area contributed by atoms with Crippen molar-refractivity contribution in [2.24, 2.45) is 5.73 Å². The molecule has 1 aromatic carbocycles. The summed E-state index contributed by atoms with van der Waals surface area (Å²) in [5.74, 6) is -0.124. The lowest BCUT2D eigenvalue weighted by Crippen LogP contribution is -2.41. The Labute approximate surface area is 155 Å². The number of para-hydroxylation sites is 1. The van der Waals surface area contributed by atoms with Gasteiger partial charge in [0.2, 0.25) is 10.0 Å². The fraction of sp³-hybridized carbons (Fsp3) is 0.611. The maximum Gasteiger partial charge on any atom is 0.255 e. The Hall–Kier alpha value is -1.64. The maximum atomic E-state index is 12.9. The number of nitrogens with one attached hydrogen (secondary N) is 1. The molecular weight excluding hydrogens is 354 g/mol. The van der Waals surface area contributed by atoms with Gasteiger partial charge in [-0.2, -0.15) is 0 Å². The number of hydrogen-bond acceptors (Lipinski definition) is 5. The fourth-order valence-corrected chi connectivity index (χ4v) is 4.13. The number of piperidine rings is 1. The van der Waals surface area contributed by atoms with Crippen LogP contribution in [-0.2, 0) is 14.8 Å². The monoisotopic (exact) mass is 383 g/mol. The van der Waals surface area contributed by atoms with E-state index >= 15 is 0 Å². The van der Waals surface area contributed by atoms with E-state index in [0.717, 1.165) is 19.3 Å². The van der Waals surface area contributed by atoms with Gasteiger partial charge in [-0.05, 0) is 44.4 Å². The number of nitrogens with zero attached hydrogens (tertiary/aromatic N) is 1. The lowest BCUT2D eigenvalue weighted by molar-refractivity contribution is 0.00847. The second-order valence-corrected chi connectivity index (χ2v) is 8.31. The highest BCUT2D eigenvalue weighted by atomic mass is 32.2. The molecule has 0 atom stereocenters. The zero-order valence-electron chi connectivity index (χ0n) is 15.3. The number of rotatable bonds is 9. The third-order valence-electron chi connectivity index (χ3n) is 4.33. The molecule has 1 aliphatic rings. The van der Waals surface area contributed by atoms with Gasteiger partial charge in [0.25, 0.3) is 5.91 Å². The number of nitrogens with two attached hydrogens (primary N) is 1. The minimum absolute atomic E-state index is 0.0288. The van der Waals surface area contributed by atoms with E-state index in [-0.39, 0.29) is 17.8 Å². The average molecular weight is 384 g/mol. The topological polar surface area (TPSA) is 102 Å². The van der Waals surface area contributed by atoms with Crippen molar-refractivity contribution >= 4 is 21.6 Å². The Morgan fingerprint density at radius 3 is 2.65 bits per heavy atom. The lowest BCUT2D eigenvalue weighted by atomic mass is 10.1. The molecule has 26 heavy (non-hydrogen) atoms. The quantitative estimate of drug-likeness (QED) is 0.633. The van der Waals surface area contributed by atoms with Crippen molar-refractivity contribution in [1.82, 2.24) is 4.90 Å². The Balaban J connectivity index is 2.00. The van der Waals surface area contributed by atoms with Gasteiger partial charge in [-0.25, -0.2) is 8.42 Å². The van der Waals surface area contributed by atoms with Crippen LogP contribution in [-0.4, -0.2) is 57.3 Å². The molecule has 1 aliphatic heterocycles. The summed E-state index contributed by atoms with van der Waals surface area (Å²) in [5.41, 5.74) is 6.19. The number of carbonyl (C=O) groups excluding carboxylic acids is 1. The molecule has 2 rings (SSSR count). The third-order valence-corrected chi connectivity index (χ3v) is 5.80. The second-order valence-electron chi connectivity index (χ2n) is 6.47. The summed E-state index contributed by atoms with van der Waals surface area (Å²) in [5, 5.41) is 0. The van der Waals surface area contributed by atoms with Crippen LogP contribution in [0.25, 0.3) is 0 Å². The second kappa shape index (κ2) is 9.89. The van der Waals surface area contributed by atoms with Gasteiger partial charge in [0.15, 0.2) is 0 Å². The number of likely N-dealkylation sites (tertiary alicyclic amines) is 1. The minimum atomic E-state index is -3.44. The van der Waals surface area contributed by atoms with E-state index in [9.17, 15) is 13.2 Å². The van der Waals surface area contributed by atoms with Gasteiger partial charge in [-0.3, -0.25) is 9.52 Å². The fourth-order valence-electron chi connectivity index (χ4n) is 2.98. The van der Waals surface area contributed by atoms with Crippen LogP contribution < -0.4 is 10.5 Å². The molecule has 1 heterocycles. The zero-order valence-corrected chi connectivity index (χ0v) is 16.1. The largest absolute Gasteiger partial charge is 0.378 e. The van der Waals surface area contributed by atoms with E-state index in [1.54, 1.807) is 36.1 Å². The predicted octanol–water partition coefficient (Wildman–Crippen LogP) is 1.81. The molecule has 0 spiro atoms. The Morgan fingerprint density at radius 2 is 2.00 bits per heavy atom. The number of amides is 1. The molecule has 3 N–H and O–H groups in total. The van der Waals surface area contributed by atoms with Crippen LogP contribution in [0.15, 0.2) is 24.3 Å². The van der Waals surface area contributed by atoms with Gasteiger partial charge in [-0.1, -0.05) is 19.1 Å². The highest BCUT2D eigenvalue weighted by molar-refractivity contribution is 7.92. The van der Waals surface area contributed by atoms with Gasteiger partial charge in [0.1, 0.15) is 0 Å². The lowest BCUT2D eigenvalue weighted by Gasteiger charge is -2.32. The number of carbonyl (C=O) groups is 1. The Bertz CT molecular complexity index is 685. The van der Waals surface area contributed by atoms with Gasteiger partial charge in [-0.15, -0.1) is 0 Å². The summed E-state index contributed by atoms with van der Waals surface area (Å²) in [6.07, 6.45) is 3.07. The minimum Gasteiger partial charge on any atom is -0.378 e. The molecule has 0 saturated carbocycles. The van der Waals surface area contributed by atoms with Crippen molar-refractivity contribution in [2.45, 2.75) is 38.7 Å². The van der Waals surface area contributed by atoms with E-state index in [1.807, 2.05) is 0 Å². The van der Waals surface area contributed by atoms with Gasteiger partial charge < -0.3 is 15.4 Å². The molecule has 0 aromatic heterocycles. The first-order valence-corrected chi connectivity index (χ1v) is 10.8. The normalized spacial score (nSPS) is 15.8.